The Morgan fingerprint density at radius 1 is 1.04 bits per heavy atom. The first-order valence-corrected chi connectivity index (χ1v) is 7.65. The van der Waals surface area contributed by atoms with Crippen LogP contribution in [0.15, 0.2) is 48.8 Å². The van der Waals surface area contributed by atoms with Gasteiger partial charge in [-0.15, -0.1) is 0 Å². The lowest BCUT2D eigenvalue weighted by molar-refractivity contribution is 0.0619. The molecule has 118 valence electrons. The molecule has 1 atom stereocenters. The number of carbonyl (C=O) groups excluding carboxylic acids is 2. The molecule has 3 heterocycles. The number of nitrogens with zero attached hydrogens (tertiary/aromatic N) is 3. The molecule has 6 nitrogen and oxygen atoms in total. The van der Waals surface area contributed by atoms with Crippen LogP contribution < -0.4 is 5.32 Å². The molecule has 0 saturated carbocycles. The summed E-state index contributed by atoms with van der Waals surface area (Å²) < 4.78 is 0. The van der Waals surface area contributed by atoms with Crippen LogP contribution in [0.4, 0.5) is 0 Å². The number of hydrogen-bond acceptors (Lipinski definition) is 5. The number of amides is 1. The van der Waals surface area contributed by atoms with Crippen LogP contribution >= 0.6 is 0 Å². The molecule has 6 heteroatoms. The highest BCUT2D eigenvalue weighted by atomic mass is 16.2. The van der Waals surface area contributed by atoms with E-state index < -0.39 is 6.04 Å². The van der Waals surface area contributed by atoms with Crippen molar-refractivity contribution < 1.29 is 9.59 Å². The highest BCUT2D eigenvalue weighted by molar-refractivity contribution is 6.03. The largest absolute Gasteiger partial charge is 0.325 e. The van der Waals surface area contributed by atoms with Gasteiger partial charge in [-0.25, -0.2) is 0 Å². The van der Waals surface area contributed by atoms with Gasteiger partial charge in [-0.3, -0.25) is 19.6 Å². The first-order chi connectivity index (χ1) is 11.3. The molecule has 0 aromatic carbocycles. The monoisotopic (exact) mass is 310 g/mol. The number of carbonyl (C=O) groups is 2. The van der Waals surface area contributed by atoms with Crippen LogP contribution in [-0.4, -0.2) is 52.2 Å². The van der Waals surface area contributed by atoms with Gasteiger partial charge in [-0.1, -0.05) is 12.1 Å². The fourth-order valence-electron chi connectivity index (χ4n) is 2.67. The molecule has 23 heavy (non-hydrogen) atoms. The lowest BCUT2D eigenvalue weighted by Gasteiger charge is -2.28. The van der Waals surface area contributed by atoms with Crippen molar-refractivity contribution in [2.24, 2.45) is 0 Å². The van der Waals surface area contributed by atoms with Crippen LogP contribution in [0.3, 0.4) is 0 Å². The summed E-state index contributed by atoms with van der Waals surface area (Å²) >= 11 is 0. The third-order valence-corrected chi connectivity index (χ3v) is 3.83. The lowest BCUT2D eigenvalue weighted by atomic mass is 10.1. The highest BCUT2D eigenvalue weighted by Gasteiger charge is 2.33. The molecular formula is C17H18N4O2. The van der Waals surface area contributed by atoms with Gasteiger partial charge < -0.3 is 10.2 Å². The molecule has 1 unspecified atom stereocenters. The Bertz CT molecular complexity index is 616. The Kier molecular flexibility index (Phi) is 4.73. The number of aromatic nitrogens is 2. The molecule has 0 radical (unpaired) electrons. The Balaban J connectivity index is 1.89. The molecule has 0 spiro atoms. The first kappa shape index (κ1) is 15.3. The van der Waals surface area contributed by atoms with E-state index in [-0.39, 0.29) is 11.7 Å². The molecule has 0 bridgehead atoms. The summed E-state index contributed by atoms with van der Waals surface area (Å²) in [4.78, 5) is 35.4. The van der Waals surface area contributed by atoms with Gasteiger partial charge in [0.05, 0.1) is 0 Å². The van der Waals surface area contributed by atoms with Crippen molar-refractivity contribution in [2.75, 3.05) is 19.6 Å². The van der Waals surface area contributed by atoms with E-state index in [0.717, 1.165) is 13.0 Å². The summed E-state index contributed by atoms with van der Waals surface area (Å²) in [5, 5.41) is 3.22. The second-order valence-corrected chi connectivity index (χ2v) is 5.37. The average molecular weight is 310 g/mol. The third-order valence-electron chi connectivity index (χ3n) is 3.83. The van der Waals surface area contributed by atoms with E-state index in [4.69, 9.17) is 0 Å². The van der Waals surface area contributed by atoms with E-state index in [1.54, 1.807) is 53.7 Å². The van der Waals surface area contributed by atoms with E-state index in [1.807, 2.05) is 0 Å². The summed E-state index contributed by atoms with van der Waals surface area (Å²) in [5.41, 5.74) is 0.730. The zero-order valence-electron chi connectivity index (χ0n) is 12.7. The molecule has 1 aliphatic heterocycles. The second kappa shape index (κ2) is 7.11. The molecule has 1 fully saturated rings. The fourth-order valence-corrected chi connectivity index (χ4v) is 2.67. The minimum Gasteiger partial charge on any atom is -0.325 e. The quantitative estimate of drug-likeness (QED) is 0.861. The van der Waals surface area contributed by atoms with Crippen molar-refractivity contribution in [2.45, 2.75) is 12.5 Å². The third kappa shape index (κ3) is 3.43. The SMILES string of the molecule is O=C(c1ccccn1)C1CNCCCN1C(=O)c1ccccn1. The molecular weight excluding hydrogens is 292 g/mol. The second-order valence-electron chi connectivity index (χ2n) is 5.37. The zero-order chi connectivity index (χ0) is 16.1. The maximum atomic E-state index is 12.8. The summed E-state index contributed by atoms with van der Waals surface area (Å²) in [6.07, 6.45) is 3.96. The van der Waals surface area contributed by atoms with Gasteiger partial charge in [-0.05, 0) is 37.2 Å². The number of rotatable bonds is 3. The van der Waals surface area contributed by atoms with Crippen LogP contribution in [0.25, 0.3) is 0 Å². The van der Waals surface area contributed by atoms with Crippen LogP contribution in [0, 0.1) is 0 Å². The van der Waals surface area contributed by atoms with Crippen LogP contribution in [0.2, 0.25) is 0 Å². The Hall–Kier alpha value is -2.60. The number of Topliss-reactive ketones (excluding diaryl/α,β-unsaturated/α-hetero) is 1. The van der Waals surface area contributed by atoms with Gasteiger partial charge in [0.1, 0.15) is 17.4 Å². The molecule has 1 amide bonds. The summed E-state index contributed by atoms with van der Waals surface area (Å²) in [6.45, 7) is 1.72. The van der Waals surface area contributed by atoms with Gasteiger partial charge in [-0.2, -0.15) is 0 Å². The molecule has 1 N–H and O–H groups in total. The maximum absolute atomic E-state index is 12.8. The first-order valence-electron chi connectivity index (χ1n) is 7.65. The zero-order valence-corrected chi connectivity index (χ0v) is 12.7. The van der Waals surface area contributed by atoms with E-state index in [1.165, 1.54) is 0 Å². The summed E-state index contributed by atoms with van der Waals surface area (Å²) in [5.74, 6) is -0.368. The standard InChI is InChI=1S/C17H18N4O2/c22-16(13-6-1-3-9-19-13)15-12-18-8-5-11-21(15)17(23)14-7-2-4-10-20-14/h1-4,6-7,9-10,15,18H,5,8,11-12H2. The van der Waals surface area contributed by atoms with E-state index in [9.17, 15) is 9.59 Å². The average Bonchev–Trinajstić information content (AvgIpc) is 2.88. The molecule has 1 aliphatic rings. The number of nitrogens with one attached hydrogen (secondary N) is 1. The van der Waals surface area contributed by atoms with Crippen LogP contribution in [0.5, 0.6) is 0 Å². The van der Waals surface area contributed by atoms with Gasteiger partial charge in [0.25, 0.3) is 5.91 Å². The minimum absolute atomic E-state index is 0.149. The smallest absolute Gasteiger partial charge is 0.273 e. The molecule has 2 aromatic rings. The molecule has 1 saturated heterocycles. The molecule has 0 aliphatic carbocycles. The van der Waals surface area contributed by atoms with Crippen molar-refractivity contribution in [1.29, 1.82) is 0 Å². The van der Waals surface area contributed by atoms with Crippen LogP contribution in [0.1, 0.15) is 27.4 Å². The predicted octanol–water partition coefficient (Wildman–Crippen LogP) is 1.16. The predicted molar refractivity (Wildman–Crippen MR) is 85.1 cm³/mol. The molecule has 3 rings (SSSR count). The van der Waals surface area contributed by atoms with Gasteiger partial charge in [0.15, 0.2) is 0 Å². The van der Waals surface area contributed by atoms with Crippen molar-refractivity contribution in [3.8, 4) is 0 Å². The van der Waals surface area contributed by atoms with Crippen LogP contribution in [-0.2, 0) is 0 Å². The maximum Gasteiger partial charge on any atom is 0.273 e. The van der Waals surface area contributed by atoms with Crippen molar-refractivity contribution >= 4 is 11.7 Å². The van der Waals surface area contributed by atoms with Gasteiger partial charge in [0, 0.05) is 25.5 Å². The number of hydrogen-bond donors (Lipinski definition) is 1. The molecule has 2 aromatic heterocycles. The van der Waals surface area contributed by atoms with E-state index >= 15 is 0 Å². The van der Waals surface area contributed by atoms with E-state index in [0.29, 0.717) is 24.5 Å². The normalized spacial score (nSPS) is 18.3. The topological polar surface area (TPSA) is 75.2 Å². The summed E-state index contributed by atoms with van der Waals surface area (Å²) in [7, 11) is 0. The number of ketones is 1. The Morgan fingerprint density at radius 3 is 2.39 bits per heavy atom. The van der Waals surface area contributed by atoms with Gasteiger partial charge in [0.2, 0.25) is 5.78 Å². The van der Waals surface area contributed by atoms with Crippen molar-refractivity contribution in [3.05, 3.63) is 60.2 Å². The van der Waals surface area contributed by atoms with E-state index in [2.05, 4.69) is 15.3 Å². The summed E-state index contributed by atoms with van der Waals surface area (Å²) in [6, 6.07) is 9.85. The van der Waals surface area contributed by atoms with Gasteiger partial charge >= 0.3 is 0 Å². The fraction of sp³-hybridized carbons (Fsp3) is 0.294. The Labute approximate surface area is 134 Å². The highest BCUT2D eigenvalue weighted by Crippen LogP contribution is 2.13. The lowest BCUT2D eigenvalue weighted by Crippen LogP contribution is -2.48. The number of pyridine rings is 2. The minimum atomic E-state index is -0.568. The van der Waals surface area contributed by atoms with Crippen molar-refractivity contribution in [3.63, 3.8) is 0 Å². The Morgan fingerprint density at radius 2 is 1.74 bits per heavy atom. The van der Waals surface area contributed by atoms with Crippen molar-refractivity contribution in [1.82, 2.24) is 20.2 Å².